The van der Waals surface area contributed by atoms with E-state index in [4.69, 9.17) is 0 Å². The number of hydrogen-bond donors (Lipinski definition) is 2. The number of hydrogen-bond acceptors (Lipinski definition) is 5. The van der Waals surface area contributed by atoms with E-state index in [0.29, 0.717) is 32.4 Å². The lowest BCUT2D eigenvalue weighted by atomic mass is 9.89. The Balaban J connectivity index is 1.72. The third kappa shape index (κ3) is 3.00. The van der Waals surface area contributed by atoms with Gasteiger partial charge in [0.25, 0.3) is 0 Å². The van der Waals surface area contributed by atoms with Crippen molar-refractivity contribution in [2.75, 3.05) is 22.9 Å². The fourth-order valence-electron chi connectivity index (χ4n) is 4.03. The van der Waals surface area contributed by atoms with Crippen molar-refractivity contribution in [3.8, 4) is 0 Å². The maximum atomic E-state index is 14.8. The number of carbonyl (C=O) groups excluding carboxylic acids is 3. The van der Waals surface area contributed by atoms with Crippen molar-refractivity contribution in [2.45, 2.75) is 38.3 Å². The molecule has 2 fully saturated rings. The number of carboxylic acids is 1. The van der Waals surface area contributed by atoms with Crippen molar-refractivity contribution >= 4 is 34.9 Å². The minimum atomic E-state index is -1.82. The average Bonchev–Trinajstić information content (AvgIpc) is 3.33. The number of carbonyl (C=O) groups is 4. The molecule has 2 atom stereocenters. The summed E-state index contributed by atoms with van der Waals surface area (Å²) in [5.41, 5.74) is 0.443. The summed E-state index contributed by atoms with van der Waals surface area (Å²) in [5.74, 6) is -5.80. The van der Waals surface area contributed by atoms with E-state index in [9.17, 15) is 28.7 Å². The molecule has 3 aliphatic rings. The summed E-state index contributed by atoms with van der Waals surface area (Å²) in [5, 5.41) is 12.1. The highest BCUT2D eigenvalue weighted by atomic mass is 19.1. The molecule has 2 heterocycles. The molecule has 1 saturated heterocycles. The van der Waals surface area contributed by atoms with E-state index in [1.54, 1.807) is 4.90 Å². The Labute approximate surface area is 160 Å². The molecule has 2 amide bonds. The molecule has 9 heteroatoms. The molecule has 2 aliphatic heterocycles. The molecular weight excluding hydrogens is 369 g/mol. The Kier molecular flexibility index (Phi) is 4.32. The highest BCUT2D eigenvalue weighted by Gasteiger charge is 2.49. The monoisotopic (exact) mass is 389 g/mol. The highest BCUT2D eigenvalue weighted by molar-refractivity contribution is 6.30. The van der Waals surface area contributed by atoms with Gasteiger partial charge in [0, 0.05) is 37.7 Å². The van der Waals surface area contributed by atoms with Crippen molar-refractivity contribution in [1.29, 1.82) is 0 Å². The van der Waals surface area contributed by atoms with Crippen molar-refractivity contribution in [2.24, 2.45) is 5.92 Å². The van der Waals surface area contributed by atoms with Gasteiger partial charge >= 0.3 is 5.97 Å². The first-order valence-electron chi connectivity index (χ1n) is 9.23. The summed E-state index contributed by atoms with van der Waals surface area (Å²) in [6, 6.07) is 2.24. The topological polar surface area (TPSA) is 107 Å². The second kappa shape index (κ2) is 6.57. The van der Waals surface area contributed by atoms with Gasteiger partial charge in [0.05, 0.1) is 11.4 Å². The number of amides is 2. The minimum Gasteiger partial charge on any atom is -0.480 e. The van der Waals surface area contributed by atoms with Crippen LogP contribution in [0.3, 0.4) is 0 Å². The summed E-state index contributed by atoms with van der Waals surface area (Å²) in [6.45, 7) is 2.35. The predicted molar refractivity (Wildman–Crippen MR) is 96.8 cm³/mol. The lowest BCUT2D eigenvalue weighted by Crippen LogP contribution is -2.49. The molecule has 0 bridgehead atoms. The molecule has 1 aromatic rings. The average molecular weight is 389 g/mol. The summed E-state index contributed by atoms with van der Waals surface area (Å²) in [7, 11) is 0. The van der Waals surface area contributed by atoms with Gasteiger partial charge in [0.2, 0.25) is 11.8 Å². The third-order valence-corrected chi connectivity index (χ3v) is 5.43. The van der Waals surface area contributed by atoms with E-state index in [1.807, 2.05) is 0 Å². The van der Waals surface area contributed by atoms with Gasteiger partial charge in [0.15, 0.2) is 11.7 Å². The van der Waals surface area contributed by atoms with E-state index >= 15 is 0 Å². The maximum absolute atomic E-state index is 14.8. The molecule has 0 radical (unpaired) electrons. The first kappa shape index (κ1) is 18.4. The number of ketones is 1. The van der Waals surface area contributed by atoms with Gasteiger partial charge < -0.3 is 20.2 Å². The zero-order valence-corrected chi connectivity index (χ0v) is 15.3. The number of nitrogens with zero attached hydrogens (tertiary/aromatic N) is 2. The van der Waals surface area contributed by atoms with Crippen LogP contribution in [0, 0.1) is 11.7 Å². The van der Waals surface area contributed by atoms with Gasteiger partial charge in [-0.25, -0.2) is 4.39 Å². The molecule has 28 heavy (non-hydrogen) atoms. The molecule has 2 N–H and O–H groups in total. The fraction of sp³-hybridized carbons (Fsp3) is 0.474. The normalized spacial score (nSPS) is 24.4. The number of carboxylic acid groups (broad SMARTS) is 1. The second-order valence-electron chi connectivity index (χ2n) is 7.53. The molecule has 2 unspecified atom stereocenters. The molecule has 148 valence electrons. The van der Waals surface area contributed by atoms with Gasteiger partial charge in [-0.1, -0.05) is 0 Å². The van der Waals surface area contributed by atoms with E-state index in [1.165, 1.54) is 17.9 Å². The largest absolute Gasteiger partial charge is 0.480 e. The quantitative estimate of drug-likeness (QED) is 0.742. The zero-order valence-electron chi connectivity index (χ0n) is 15.3. The van der Waals surface area contributed by atoms with E-state index < -0.39 is 29.4 Å². The van der Waals surface area contributed by atoms with Crippen LogP contribution in [0.5, 0.6) is 0 Å². The Morgan fingerprint density at radius 2 is 1.89 bits per heavy atom. The number of fused-ring (bicyclic) bond motifs is 1. The number of halogens is 1. The predicted octanol–water partition coefficient (Wildman–Crippen LogP) is 0.933. The van der Waals surface area contributed by atoms with Crippen LogP contribution in [-0.4, -0.2) is 53.8 Å². The molecule has 0 spiro atoms. The summed E-state index contributed by atoms with van der Waals surface area (Å²) >= 11 is 0. The van der Waals surface area contributed by atoms with Gasteiger partial charge in [-0.15, -0.1) is 0 Å². The number of Topliss-reactive ketones (excluding diaryl/α,β-unsaturated/α-hetero) is 1. The number of anilines is 2. The number of aliphatic carboxylic acids is 1. The number of rotatable bonds is 4. The Hall–Kier alpha value is -2.97. The Bertz CT molecular complexity index is 898. The molecule has 1 aliphatic carbocycles. The van der Waals surface area contributed by atoms with Crippen LogP contribution in [0.4, 0.5) is 15.8 Å². The number of nitrogens with one attached hydrogen (secondary N) is 1. The van der Waals surface area contributed by atoms with Crippen molar-refractivity contribution in [3.05, 3.63) is 23.5 Å². The van der Waals surface area contributed by atoms with Crippen LogP contribution in [0.1, 0.15) is 36.5 Å². The van der Waals surface area contributed by atoms with Crippen LogP contribution in [0.2, 0.25) is 0 Å². The van der Waals surface area contributed by atoms with Crippen LogP contribution in [-0.2, 0) is 14.4 Å². The van der Waals surface area contributed by atoms with Gasteiger partial charge in [-0.3, -0.25) is 19.2 Å². The molecule has 1 saturated carbocycles. The standard InChI is InChI=1S/C19H20FN3O5/c1-9(24)21-10-4-5-22(8-10)15-7-14-12(6-13(15)20)17(25)16(19(27)28)18(26)23(14)11-2-3-11/h6-7,10-11,16H,2-5,8H2,1H3,(H,21,24)(H,27,28). The SMILES string of the molecule is CC(=O)NC1CCN(c2cc3c(cc2F)C(=O)C(C(=O)O)C(=O)N3C2CC2)C1. The van der Waals surface area contributed by atoms with Crippen molar-refractivity contribution < 1.29 is 28.7 Å². The third-order valence-electron chi connectivity index (χ3n) is 5.43. The Morgan fingerprint density at radius 3 is 2.50 bits per heavy atom. The minimum absolute atomic E-state index is 0.0715. The van der Waals surface area contributed by atoms with Crippen molar-refractivity contribution in [3.63, 3.8) is 0 Å². The van der Waals surface area contributed by atoms with Gasteiger partial charge in [0.1, 0.15) is 5.82 Å². The lowest BCUT2D eigenvalue weighted by Gasteiger charge is -2.33. The first-order chi connectivity index (χ1) is 13.3. The summed E-state index contributed by atoms with van der Waals surface area (Å²) in [4.78, 5) is 51.1. The second-order valence-corrected chi connectivity index (χ2v) is 7.53. The maximum Gasteiger partial charge on any atom is 0.324 e. The van der Waals surface area contributed by atoms with Gasteiger partial charge in [-0.2, -0.15) is 0 Å². The van der Waals surface area contributed by atoms with E-state index in [0.717, 1.165) is 6.07 Å². The highest BCUT2D eigenvalue weighted by Crippen LogP contribution is 2.42. The zero-order chi connectivity index (χ0) is 20.2. The van der Waals surface area contributed by atoms with Crippen LogP contribution < -0.4 is 15.1 Å². The van der Waals surface area contributed by atoms with Crippen LogP contribution >= 0.6 is 0 Å². The van der Waals surface area contributed by atoms with Crippen molar-refractivity contribution in [1.82, 2.24) is 5.32 Å². The molecule has 0 aromatic heterocycles. The first-order valence-corrected chi connectivity index (χ1v) is 9.23. The smallest absolute Gasteiger partial charge is 0.324 e. The van der Waals surface area contributed by atoms with Crippen LogP contribution in [0.25, 0.3) is 0 Å². The van der Waals surface area contributed by atoms with E-state index in [2.05, 4.69) is 5.32 Å². The molecule has 1 aromatic carbocycles. The fourth-order valence-corrected chi connectivity index (χ4v) is 4.03. The van der Waals surface area contributed by atoms with E-state index in [-0.39, 0.29) is 34.9 Å². The number of benzene rings is 1. The van der Waals surface area contributed by atoms with Crippen LogP contribution in [0.15, 0.2) is 12.1 Å². The molecular formula is C19H20FN3O5. The molecule has 8 nitrogen and oxygen atoms in total. The van der Waals surface area contributed by atoms with Gasteiger partial charge in [-0.05, 0) is 31.4 Å². The Morgan fingerprint density at radius 1 is 1.18 bits per heavy atom. The molecule has 4 rings (SSSR count). The summed E-state index contributed by atoms with van der Waals surface area (Å²) < 4.78 is 14.8. The lowest BCUT2D eigenvalue weighted by molar-refractivity contribution is -0.144. The summed E-state index contributed by atoms with van der Waals surface area (Å²) in [6.07, 6.45) is 2.08.